The van der Waals surface area contributed by atoms with Gasteiger partial charge in [-0.2, -0.15) is 0 Å². The fourth-order valence-electron chi connectivity index (χ4n) is 3.14. The van der Waals surface area contributed by atoms with Crippen molar-refractivity contribution in [2.45, 2.75) is 38.1 Å². The fourth-order valence-corrected chi connectivity index (χ4v) is 3.14. The van der Waals surface area contributed by atoms with Crippen molar-refractivity contribution in [3.05, 3.63) is 29.3 Å². The van der Waals surface area contributed by atoms with Crippen molar-refractivity contribution < 1.29 is 4.79 Å². The Hall–Kier alpha value is -1.71. The summed E-state index contributed by atoms with van der Waals surface area (Å²) in [6.45, 7) is 1.52. The molecule has 0 spiro atoms. The number of urea groups is 1. The van der Waals surface area contributed by atoms with Crippen LogP contribution in [0.4, 0.5) is 10.5 Å². The molecular weight excluding hydrogens is 238 g/mol. The zero-order chi connectivity index (χ0) is 13.2. The number of aryl methyl sites for hydroxylation is 2. The van der Waals surface area contributed by atoms with Gasteiger partial charge in [-0.15, -0.1) is 0 Å². The number of carbonyl (C=O) groups excluding carboxylic acids is 1. The Morgan fingerprint density at radius 1 is 1.21 bits per heavy atom. The molecule has 4 nitrogen and oxygen atoms in total. The number of nitrogens with one attached hydrogen (secondary N) is 1. The van der Waals surface area contributed by atoms with E-state index in [1.165, 1.54) is 36.1 Å². The number of fused-ring (bicyclic) bond motifs is 1. The zero-order valence-electron chi connectivity index (χ0n) is 11.2. The third-order valence-electron chi connectivity index (χ3n) is 4.28. The summed E-state index contributed by atoms with van der Waals surface area (Å²) in [6, 6.07) is 6.89. The first-order chi connectivity index (χ1) is 9.22. The molecule has 19 heavy (non-hydrogen) atoms. The molecule has 1 aromatic rings. The first-order valence-electron chi connectivity index (χ1n) is 7.15. The van der Waals surface area contributed by atoms with Crippen molar-refractivity contribution in [1.82, 2.24) is 4.90 Å². The molecule has 0 bridgehead atoms. The molecular formula is C15H21N3O. The second kappa shape index (κ2) is 5.11. The average Bonchev–Trinajstić information content (AvgIpc) is 2.87. The number of amides is 2. The maximum atomic E-state index is 11.1. The van der Waals surface area contributed by atoms with E-state index in [9.17, 15) is 4.79 Å². The minimum Gasteiger partial charge on any atom is -0.382 e. The third-order valence-corrected chi connectivity index (χ3v) is 4.28. The molecule has 3 N–H and O–H groups in total. The minimum absolute atomic E-state index is 0.295. The van der Waals surface area contributed by atoms with Gasteiger partial charge in [-0.05, 0) is 55.4 Å². The van der Waals surface area contributed by atoms with Gasteiger partial charge in [-0.25, -0.2) is 4.79 Å². The van der Waals surface area contributed by atoms with Crippen LogP contribution in [0.25, 0.3) is 0 Å². The Morgan fingerprint density at radius 3 is 2.68 bits per heavy atom. The Morgan fingerprint density at radius 2 is 1.95 bits per heavy atom. The standard InChI is InChI=1S/C15H21N3O/c16-15(19)18-8-6-13(7-9-18)17-14-5-4-11-2-1-3-12(11)10-14/h4-5,10,13,17H,1-3,6-9H2,(H2,16,19). The van der Waals surface area contributed by atoms with Crippen molar-refractivity contribution in [2.75, 3.05) is 18.4 Å². The quantitative estimate of drug-likeness (QED) is 0.854. The average molecular weight is 259 g/mol. The van der Waals surface area contributed by atoms with Gasteiger partial charge in [0.1, 0.15) is 0 Å². The van der Waals surface area contributed by atoms with E-state index in [1.807, 2.05) is 0 Å². The number of rotatable bonds is 2. The van der Waals surface area contributed by atoms with Gasteiger partial charge in [-0.3, -0.25) is 0 Å². The van der Waals surface area contributed by atoms with Gasteiger partial charge in [0.25, 0.3) is 0 Å². The molecule has 1 saturated heterocycles. The second-order valence-electron chi connectivity index (χ2n) is 5.58. The van der Waals surface area contributed by atoms with E-state index in [2.05, 4.69) is 23.5 Å². The van der Waals surface area contributed by atoms with E-state index in [0.717, 1.165) is 25.9 Å². The van der Waals surface area contributed by atoms with Crippen LogP contribution in [0.1, 0.15) is 30.4 Å². The summed E-state index contributed by atoms with van der Waals surface area (Å²) in [7, 11) is 0. The predicted molar refractivity (Wildman–Crippen MR) is 76.3 cm³/mol. The van der Waals surface area contributed by atoms with Crippen LogP contribution in [0.3, 0.4) is 0 Å². The SMILES string of the molecule is NC(=O)N1CCC(Nc2ccc3c(c2)CCC3)CC1. The minimum atomic E-state index is -0.295. The lowest BCUT2D eigenvalue weighted by atomic mass is 10.0. The largest absolute Gasteiger partial charge is 0.382 e. The van der Waals surface area contributed by atoms with Crippen molar-refractivity contribution in [1.29, 1.82) is 0 Å². The second-order valence-corrected chi connectivity index (χ2v) is 5.58. The molecule has 3 rings (SSSR count). The number of nitrogens with two attached hydrogens (primary N) is 1. The van der Waals surface area contributed by atoms with Crippen molar-refractivity contribution >= 4 is 11.7 Å². The molecule has 102 valence electrons. The van der Waals surface area contributed by atoms with Gasteiger partial charge < -0.3 is 16.0 Å². The molecule has 1 heterocycles. The van der Waals surface area contributed by atoms with Gasteiger partial charge in [0.05, 0.1) is 0 Å². The van der Waals surface area contributed by atoms with E-state index >= 15 is 0 Å². The molecule has 0 aromatic heterocycles. The smallest absolute Gasteiger partial charge is 0.314 e. The highest BCUT2D eigenvalue weighted by atomic mass is 16.2. The van der Waals surface area contributed by atoms with E-state index in [1.54, 1.807) is 4.90 Å². The predicted octanol–water partition coefficient (Wildman–Crippen LogP) is 2.13. The van der Waals surface area contributed by atoms with Crippen LogP contribution in [0.2, 0.25) is 0 Å². The Balaban J connectivity index is 1.59. The molecule has 2 aliphatic rings. The van der Waals surface area contributed by atoms with Gasteiger partial charge in [-0.1, -0.05) is 6.07 Å². The zero-order valence-corrected chi connectivity index (χ0v) is 11.2. The number of carbonyl (C=O) groups is 1. The molecule has 2 amide bonds. The number of hydrogen-bond acceptors (Lipinski definition) is 2. The molecule has 0 unspecified atom stereocenters. The van der Waals surface area contributed by atoms with Crippen molar-refractivity contribution in [3.63, 3.8) is 0 Å². The molecule has 0 saturated carbocycles. The lowest BCUT2D eigenvalue weighted by Crippen LogP contribution is -2.44. The van der Waals surface area contributed by atoms with Gasteiger partial charge in [0, 0.05) is 24.8 Å². The highest BCUT2D eigenvalue weighted by Crippen LogP contribution is 2.26. The van der Waals surface area contributed by atoms with Crippen LogP contribution < -0.4 is 11.1 Å². The fraction of sp³-hybridized carbons (Fsp3) is 0.533. The lowest BCUT2D eigenvalue weighted by Gasteiger charge is -2.31. The third kappa shape index (κ3) is 2.67. The highest BCUT2D eigenvalue weighted by Gasteiger charge is 2.21. The molecule has 1 aromatic carbocycles. The number of piperidine rings is 1. The molecule has 0 radical (unpaired) electrons. The van der Waals surface area contributed by atoms with Crippen LogP contribution in [0.15, 0.2) is 18.2 Å². The molecule has 1 fully saturated rings. The Kier molecular flexibility index (Phi) is 3.32. The van der Waals surface area contributed by atoms with Crippen LogP contribution in [-0.2, 0) is 12.8 Å². The first kappa shape index (κ1) is 12.3. The highest BCUT2D eigenvalue weighted by molar-refractivity contribution is 5.72. The van der Waals surface area contributed by atoms with Crippen LogP contribution in [0, 0.1) is 0 Å². The van der Waals surface area contributed by atoms with E-state index in [-0.39, 0.29) is 6.03 Å². The molecule has 0 atom stereocenters. The van der Waals surface area contributed by atoms with Crippen molar-refractivity contribution in [2.24, 2.45) is 5.73 Å². The van der Waals surface area contributed by atoms with Gasteiger partial charge >= 0.3 is 6.03 Å². The maximum Gasteiger partial charge on any atom is 0.314 e. The summed E-state index contributed by atoms with van der Waals surface area (Å²) >= 11 is 0. The first-order valence-corrected chi connectivity index (χ1v) is 7.15. The monoisotopic (exact) mass is 259 g/mol. The molecule has 1 aliphatic heterocycles. The maximum absolute atomic E-state index is 11.1. The summed E-state index contributed by atoms with van der Waals surface area (Å²) in [6.07, 6.45) is 5.67. The summed E-state index contributed by atoms with van der Waals surface area (Å²) in [5.74, 6) is 0. The van der Waals surface area contributed by atoms with Gasteiger partial charge in [0.2, 0.25) is 0 Å². The molecule has 4 heteroatoms. The lowest BCUT2D eigenvalue weighted by molar-refractivity contribution is 0.193. The van der Waals surface area contributed by atoms with Crippen molar-refractivity contribution in [3.8, 4) is 0 Å². The number of anilines is 1. The number of likely N-dealkylation sites (tertiary alicyclic amines) is 1. The van der Waals surface area contributed by atoms with Crippen LogP contribution >= 0.6 is 0 Å². The molecule has 1 aliphatic carbocycles. The summed E-state index contributed by atoms with van der Waals surface area (Å²) in [5.41, 5.74) is 9.52. The number of benzene rings is 1. The topological polar surface area (TPSA) is 58.4 Å². The number of hydrogen-bond donors (Lipinski definition) is 2. The summed E-state index contributed by atoms with van der Waals surface area (Å²) < 4.78 is 0. The van der Waals surface area contributed by atoms with Crippen LogP contribution in [-0.4, -0.2) is 30.1 Å². The normalized spacial score (nSPS) is 19.3. The van der Waals surface area contributed by atoms with Crippen LogP contribution in [0.5, 0.6) is 0 Å². The van der Waals surface area contributed by atoms with Gasteiger partial charge in [0.15, 0.2) is 0 Å². The summed E-state index contributed by atoms with van der Waals surface area (Å²) in [5, 5.41) is 3.59. The Labute approximate surface area is 114 Å². The summed E-state index contributed by atoms with van der Waals surface area (Å²) in [4.78, 5) is 12.8. The van der Waals surface area contributed by atoms with E-state index < -0.39 is 0 Å². The van der Waals surface area contributed by atoms with E-state index in [0.29, 0.717) is 6.04 Å². The van der Waals surface area contributed by atoms with E-state index in [4.69, 9.17) is 5.73 Å². The Bertz CT molecular complexity index is 478. The number of nitrogens with zero attached hydrogens (tertiary/aromatic N) is 1. The number of primary amides is 1.